The van der Waals surface area contributed by atoms with Crippen molar-refractivity contribution in [3.63, 3.8) is 0 Å². The molecule has 2 aromatic carbocycles. The second-order valence-corrected chi connectivity index (χ2v) is 14.0. The zero-order chi connectivity index (χ0) is 38.3. The Morgan fingerprint density at radius 1 is 0.731 bits per heavy atom. The minimum Gasteiger partial charge on any atom is -0.480 e. The molecule has 0 spiro atoms. The van der Waals surface area contributed by atoms with E-state index >= 15 is 0 Å². The van der Waals surface area contributed by atoms with Gasteiger partial charge in [-0.25, -0.2) is 0 Å². The Hall–Kier alpha value is -4.82. The van der Waals surface area contributed by atoms with Gasteiger partial charge in [-0.15, -0.1) is 0 Å². The number of nitrogens with zero attached hydrogens (tertiary/aromatic N) is 1. The third-order valence-corrected chi connectivity index (χ3v) is 9.19. The first kappa shape index (κ1) is 41.6. The molecule has 1 aliphatic heterocycles. The number of likely N-dealkylation sites (tertiary alicyclic amines) is 1. The average Bonchev–Trinajstić information content (AvgIpc) is 3.10. The largest absolute Gasteiger partial charge is 0.480 e. The van der Waals surface area contributed by atoms with Gasteiger partial charge in [0.15, 0.2) is 0 Å². The number of piperidine rings is 1. The molecule has 1 aliphatic rings. The molecule has 5 amide bonds. The summed E-state index contributed by atoms with van der Waals surface area (Å²) < 4.78 is 0. The molecule has 4 atom stereocenters. The van der Waals surface area contributed by atoms with Crippen LogP contribution in [-0.4, -0.2) is 94.9 Å². The lowest BCUT2D eigenvalue weighted by atomic mass is 9.88. The van der Waals surface area contributed by atoms with Crippen molar-refractivity contribution in [2.24, 2.45) is 17.4 Å². The Morgan fingerprint density at radius 3 is 1.65 bits per heavy atom. The Morgan fingerprint density at radius 2 is 1.19 bits per heavy atom. The molecule has 9 N–H and O–H groups in total. The SMILES string of the molecule is CC(=O)N[C@H](Cc1ccccc1)C(=O)N[C@H](Cc1ccccc1)C(=O)N[C@H](CC(C)C)C(=O)N[C@H](CCCCN)C(=O)N1CCC(N)(C(=O)O)CC1. The molecule has 1 saturated heterocycles. The first-order chi connectivity index (χ1) is 24.7. The fraction of sp³-hybridized carbons (Fsp3) is 0.526. The molecule has 14 nitrogen and oxygen atoms in total. The van der Waals surface area contributed by atoms with Gasteiger partial charge in [-0.05, 0) is 62.1 Å². The summed E-state index contributed by atoms with van der Waals surface area (Å²) in [4.78, 5) is 80.6. The normalized spacial score (nSPS) is 16.2. The van der Waals surface area contributed by atoms with E-state index in [2.05, 4.69) is 21.3 Å². The van der Waals surface area contributed by atoms with E-state index in [-0.39, 0.29) is 57.0 Å². The predicted molar refractivity (Wildman–Crippen MR) is 196 cm³/mol. The van der Waals surface area contributed by atoms with E-state index in [0.717, 1.165) is 11.1 Å². The highest BCUT2D eigenvalue weighted by Gasteiger charge is 2.40. The maximum atomic E-state index is 14.0. The van der Waals surface area contributed by atoms with E-state index in [1.54, 1.807) is 0 Å². The van der Waals surface area contributed by atoms with Gasteiger partial charge in [0, 0.05) is 32.9 Å². The van der Waals surface area contributed by atoms with Crippen LogP contribution in [0.1, 0.15) is 70.4 Å². The number of aliphatic carboxylic acids is 1. The Labute approximate surface area is 305 Å². The van der Waals surface area contributed by atoms with Crippen molar-refractivity contribution in [2.45, 2.75) is 102 Å². The highest BCUT2D eigenvalue weighted by molar-refractivity contribution is 5.95. The summed E-state index contributed by atoms with van der Waals surface area (Å²) in [5.74, 6) is -3.64. The molecule has 0 radical (unpaired) electrons. The Bertz CT molecular complexity index is 1500. The lowest BCUT2D eigenvalue weighted by molar-refractivity contribution is -0.148. The summed E-state index contributed by atoms with van der Waals surface area (Å²) in [6.07, 6.45) is 2.19. The van der Waals surface area contributed by atoms with Crippen LogP contribution in [0.2, 0.25) is 0 Å². The van der Waals surface area contributed by atoms with Crippen LogP contribution in [0.15, 0.2) is 60.7 Å². The van der Waals surface area contributed by atoms with Crippen LogP contribution in [0.5, 0.6) is 0 Å². The Kier molecular flexibility index (Phi) is 16.2. The molecule has 0 aromatic heterocycles. The summed E-state index contributed by atoms with van der Waals surface area (Å²) in [5, 5.41) is 20.7. The second-order valence-electron chi connectivity index (χ2n) is 14.0. The van der Waals surface area contributed by atoms with E-state index in [4.69, 9.17) is 11.5 Å². The molecule has 3 rings (SSSR count). The van der Waals surface area contributed by atoms with Crippen molar-refractivity contribution < 1.29 is 33.9 Å². The predicted octanol–water partition coefficient (Wildman–Crippen LogP) is 1.01. The smallest absolute Gasteiger partial charge is 0.323 e. The molecular formula is C38H55N7O7. The number of amides is 5. The molecule has 0 aliphatic carbocycles. The Balaban J connectivity index is 1.82. The molecule has 14 heteroatoms. The number of hydrogen-bond donors (Lipinski definition) is 7. The van der Waals surface area contributed by atoms with Crippen LogP contribution >= 0.6 is 0 Å². The summed E-state index contributed by atoms with van der Waals surface area (Å²) in [6.45, 7) is 5.77. The maximum absolute atomic E-state index is 14.0. The third-order valence-electron chi connectivity index (χ3n) is 9.19. The average molecular weight is 722 g/mol. The lowest BCUT2D eigenvalue weighted by Crippen LogP contribution is -2.61. The van der Waals surface area contributed by atoms with Crippen molar-refractivity contribution in [2.75, 3.05) is 19.6 Å². The standard InChI is InChI=1S/C38H55N7O7/c1-25(2)22-30(33(47)42-29(16-10-11-19-39)36(50)45-20-17-38(40,18-21-45)37(51)52)43-35(49)32(24-28-14-8-5-9-15-28)44-34(48)31(41-26(3)46)23-27-12-6-4-7-13-27/h4-9,12-15,25,29-32H,10-11,16-24,39-40H2,1-3H3,(H,41,46)(H,42,47)(H,43,49)(H,44,48)(H,51,52)/t29-,30-,31-,32-/m1/s1. The van der Waals surface area contributed by atoms with Crippen molar-refractivity contribution in [1.29, 1.82) is 0 Å². The van der Waals surface area contributed by atoms with Crippen molar-refractivity contribution >= 4 is 35.5 Å². The van der Waals surface area contributed by atoms with E-state index < -0.39 is 59.3 Å². The number of carbonyl (C=O) groups is 6. The number of rotatable bonds is 19. The van der Waals surface area contributed by atoms with Gasteiger partial charge in [-0.3, -0.25) is 28.8 Å². The lowest BCUT2D eigenvalue weighted by Gasteiger charge is -2.38. The number of carbonyl (C=O) groups excluding carboxylic acids is 5. The van der Waals surface area contributed by atoms with E-state index in [0.29, 0.717) is 25.8 Å². The van der Waals surface area contributed by atoms with Crippen LogP contribution in [-0.2, 0) is 41.6 Å². The zero-order valence-corrected chi connectivity index (χ0v) is 30.4. The van der Waals surface area contributed by atoms with E-state index in [1.807, 2.05) is 74.5 Å². The maximum Gasteiger partial charge on any atom is 0.323 e. The highest BCUT2D eigenvalue weighted by atomic mass is 16.4. The monoisotopic (exact) mass is 721 g/mol. The first-order valence-corrected chi connectivity index (χ1v) is 18.0. The van der Waals surface area contributed by atoms with Gasteiger partial charge >= 0.3 is 5.97 Å². The van der Waals surface area contributed by atoms with Crippen LogP contribution < -0.4 is 32.7 Å². The van der Waals surface area contributed by atoms with Gasteiger partial charge in [0.1, 0.15) is 29.7 Å². The van der Waals surface area contributed by atoms with Crippen molar-refractivity contribution in [3.8, 4) is 0 Å². The summed E-state index contributed by atoms with van der Waals surface area (Å²) in [7, 11) is 0. The van der Waals surface area contributed by atoms with Gasteiger partial charge in [-0.1, -0.05) is 74.5 Å². The van der Waals surface area contributed by atoms with Gasteiger partial charge < -0.3 is 42.7 Å². The second kappa shape index (κ2) is 20.3. The first-order valence-electron chi connectivity index (χ1n) is 18.0. The number of nitrogens with two attached hydrogens (primary N) is 2. The molecule has 1 fully saturated rings. The zero-order valence-electron chi connectivity index (χ0n) is 30.4. The van der Waals surface area contributed by atoms with Crippen LogP contribution in [0.4, 0.5) is 0 Å². The van der Waals surface area contributed by atoms with Gasteiger partial charge in [0.05, 0.1) is 0 Å². The molecule has 2 aromatic rings. The van der Waals surface area contributed by atoms with Gasteiger partial charge in [0.2, 0.25) is 29.5 Å². The van der Waals surface area contributed by atoms with Crippen molar-refractivity contribution in [1.82, 2.24) is 26.2 Å². The molecule has 284 valence electrons. The molecule has 0 saturated carbocycles. The van der Waals surface area contributed by atoms with Crippen molar-refractivity contribution in [3.05, 3.63) is 71.8 Å². The summed E-state index contributed by atoms with van der Waals surface area (Å²) in [5.41, 5.74) is 11.9. The highest BCUT2D eigenvalue weighted by Crippen LogP contribution is 2.21. The van der Waals surface area contributed by atoms with Gasteiger partial charge in [-0.2, -0.15) is 0 Å². The van der Waals surface area contributed by atoms with Gasteiger partial charge in [0.25, 0.3) is 0 Å². The fourth-order valence-corrected chi connectivity index (χ4v) is 6.19. The number of benzene rings is 2. The molecule has 0 bridgehead atoms. The topological polar surface area (TPSA) is 226 Å². The van der Waals surface area contributed by atoms with Crippen LogP contribution in [0.25, 0.3) is 0 Å². The minimum atomic E-state index is -1.42. The minimum absolute atomic E-state index is 0.0320. The molecule has 52 heavy (non-hydrogen) atoms. The number of carboxylic acids is 1. The fourth-order valence-electron chi connectivity index (χ4n) is 6.19. The molecule has 0 unspecified atom stereocenters. The molecular weight excluding hydrogens is 666 g/mol. The number of carboxylic acid groups (broad SMARTS) is 1. The van der Waals surface area contributed by atoms with E-state index in [9.17, 15) is 33.9 Å². The van der Waals surface area contributed by atoms with Crippen LogP contribution in [0.3, 0.4) is 0 Å². The van der Waals surface area contributed by atoms with Crippen LogP contribution in [0, 0.1) is 5.92 Å². The third kappa shape index (κ3) is 13.1. The number of unbranched alkanes of at least 4 members (excludes halogenated alkanes) is 1. The summed E-state index contributed by atoms with van der Waals surface area (Å²) in [6, 6.07) is 14.2. The summed E-state index contributed by atoms with van der Waals surface area (Å²) >= 11 is 0. The van der Waals surface area contributed by atoms with E-state index in [1.165, 1.54) is 11.8 Å². The number of nitrogens with one attached hydrogen (secondary N) is 4. The quantitative estimate of drug-likeness (QED) is 0.103. The molecule has 1 heterocycles. The number of hydrogen-bond acceptors (Lipinski definition) is 8.